The summed E-state index contributed by atoms with van der Waals surface area (Å²) in [7, 11) is 0. The Morgan fingerprint density at radius 2 is 1.48 bits per heavy atom. The number of pyridine rings is 1. The minimum atomic E-state index is -0.594. The van der Waals surface area contributed by atoms with Gasteiger partial charge in [-0.1, -0.05) is 6.07 Å². The number of carbonyl (C=O) groups is 2. The highest BCUT2D eigenvalue weighted by Gasteiger charge is 2.37. The Morgan fingerprint density at radius 1 is 0.905 bits per heavy atom. The van der Waals surface area contributed by atoms with Gasteiger partial charge in [0.2, 0.25) is 0 Å². The molecule has 0 spiro atoms. The van der Waals surface area contributed by atoms with E-state index >= 15 is 0 Å². The van der Waals surface area contributed by atoms with Crippen molar-refractivity contribution in [2.45, 2.75) is 19.8 Å². The normalized spacial score (nSPS) is 17.9. The Hall–Kier alpha value is -2.83. The number of hydrogen-bond acceptors (Lipinski definition) is 5. The maximum atomic E-state index is 12.0. The van der Waals surface area contributed by atoms with Gasteiger partial charge in [0.1, 0.15) is 0 Å². The van der Waals surface area contributed by atoms with Crippen molar-refractivity contribution in [1.82, 2.24) is 4.98 Å². The fourth-order valence-electron chi connectivity index (χ4n) is 2.45. The smallest absolute Gasteiger partial charge is 0.265 e. The van der Waals surface area contributed by atoms with Crippen LogP contribution in [0.4, 0.5) is 0 Å². The van der Waals surface area contributed by atoms with Gasteiger partial charge in [-0.2, -0.15) is 10.2 Å². The van der Waals surface area contributed by atoms with Crippen LogP contribution in [0.3, 0.4) is 0 Å². The number of rotatable bonds is 3. The third kappa shape index (κ3) is 2.12. The lowest BCUT2D eigenvalue weighted by Gasteiger charge is -2.17. The molecule has 21 heavy (non-hydrogen) atoms. The minimum absolute atomic E-state index is 0.373. The van der Waals surface area contributed by atoms with E-state index in [2.05, 4.69) is 25.4 Å². The highest BCUT2D eigenvalue weighted by Crippen LogP contribution is 2.40. The van der Waals surface area contributed by atoms with E-state index < -0.39 is 17.7 Å². The van der Waals surface area contributed by atoms with Crippen LogP contribution in [0.1, 0.15) is 25.3 Å². The number of nitrogens with zero attached hydrogens (tertiary/aromatic N) is 5. The molecule has 1 aromatic heterocycles. The first-order chi connectivity index (χ1) is 10.1. The molecule has 0 aliphatic carbocycles. The summed E-state index contributed by atoms with van der Waals surface area (Å²) in [5, 5.41) is 14.7. The third-order valence-electron chi connectivity index (χ3n) is 3.42. The zero-order valence-electron chi connectivity index (χ0n) is 11.4. The molecule has 0 saturated heterocycles. The molecule has 0 aromatic carbocycles. The Morgan fingerprint density at radius 3 is 1.86 bits per heavy atom. The molecule has 3 heterocycles. The lowest BCUT2D eigenvalue weighted by atomic mass is 9.83. The van der Waals surface area contributed by atoms with Gasteiger partial charge in [-0.3, -0.25) is 14.6 Å². The van der Waals surface area contributed by atoms with Crippen LogP contribution < -0.4 is 0 Å². The maximum Gasteiger partial charge on any atom is 0.294 e. The van der Waals surface area contributed by atoms with Crippen LogP contribution in [-0.2, 0) is 9.59 Å². The Balaban J connectivity index is 2.19. The summed E-state index contributed by atoms with van der Waals surface area (Å²) < 4.78 is 0. The molecule has 7 nitrogen and oxygen atoms in total. The molecule has 0 radical (unpaired) electrons. The van der Waals surface area contributed by atoms with E-state index in [-0.39, 0.29) is 0 Å². The summed E-state index contributed by atoms with van der Waals surface area (Å²) in [6, 6.07) is 3.55. The summed E-state index contributed by atoms with van der Waals surface area (Å²) in [6.07, 6.45) is 3.24. The van der Waals surface area contributed by atoms with Crippen LogP contribution in [0.5, 0.6) is 0 Å². The van der Waals surface area contributed by atoms with Gasteiger partial charge in [0.25, 0.3) is 11.8 Å². The van der Waals surface area contributed by atoms with E-state index in [4.69, 9.17) is 0 Å². The molecule has 0 saturated carbocycles. The highest BCUT2D eigenvalue weighted by molar-refractivity contribution is 6.04. The van der Waals surface area contributed by atoms with Crippen molar-refractivity contribution in [3.63, 3.8) is 0 Å². The Bertz CT molecular complexity index is 713. The van der Waals surface area contributed by atoms with Gasteiger partial charge in [0.15, 0.2) is 0 Å². The molecule has 0 bridgehead atoms. The molecule has 2 amide bonds. The molecule has 104 valence electrons. The molecule has 1 aromatic rings. The standard InChI is InChI=1S/C14H11N5O2/c1-7-10(13(20)18-16-7)12(9-4-3-5-15-6-9)11-8(2)17-19-14(11)21/h3-6,12H,1-2H3. The molecule has 0 atom stereocenters. The summed E-state index contributed by atoms with van der Waals surface area (Å²) >= 11 is 0. The average molecular weight is 281 g/mol. The van der Waals surface area contributed by atoms with Crippen molar-refractivity contribution >= 4 is 11.8 Å². The predicted octanol–water partition coefficient (Wildman–Crippen LogP) is 2.70. The average Bonchev–Trinajstić information content (AvgIpc) is 2.98. The minimum Gasteiger partial charge on any atom is -0.265 e. The van der Waals surface area contributed by atoms with Crippen molar-refractivity contribution in [3.05, 3.63) is 52.6 Å². The summed E-state index contributed by atoms with van der Waals surface area (Å²) in [4.78, 5) is 28.1. The second kappa shape index (κ2) is 4.93. The first-order valence-corrected chi connectivity index (χ1v) is 6.33. The van der Waals surface area contributed by atoms with E-state index in [1.165, 1.54) is 0 Å². The lowest BCUT2D eigenvalue weighted by molar-refractivity contribution is -0.114. The van der Waals surface area contributed by atoms with E-state index in [1.54, 1.807) is 38.4 Å². The largest absolute Gasteiger partial charge is 0.294 e. The first kappa shape index (κ1) is 13.2. The van der Waals surface area contributed by atoms with E-state index in [9.17, 15) is 9.59 Å². The molecule has 2 aliphatic rings. The molecule has 0 N–H and O–H groups in total. The van der Waals surface area contributed by atoms with E-state index in [0.717, 1.165) is 0 Å². The molecule has 7 heteroatoms. The molecule has 0 unspecified atom stereocenters. The topological polar surface area (TPSA) is 96.5 Å². The number of carbonyl (C=O) groups excluding carboxylic acids is 2. The van der Waals surface area contributed by atoms with Crippen LogP contribution in [0.25, 0.3) is 0 Å². The summed E-state index contributed by atoms with van der Waals surface area (Å²) in [5.41, 5.74) is 2.45. The molecular weight excluding hydrogens is 270 g/mol. The molecule has 3 rings (SSSR count). The van der Waals surface area contributed by atoms with Gasteiger partial charge in [0.05, 0.1) is 28.5 Å². The van der Waals surface area contributed by atoms with E-state index in [0.29, 0.717) is 28.1 Å². The van der Waals surface area contributed by atoms with Crippen LogP contribution in [0.15, 0.2) is 67.5 Å². The van der Waals surface area contributed by atoms with Crippen LogP contribution in [-0.4, -0.2) is 16.8 Å². The Labute approximate surface area is 120 Å². The van der Waals surface area contributed by atoms with Gasteiger partial charge in [-0.15, -0.1) is 10.2 Å². The number of aromatic nitrogens is 1. The van der Waals surface area contributed by atoms with Crippen LogP contribution in [0.2, 0.25) is 0 Å². The van der Waals surface area contributed by atoms with Gasteiger partial charge < -0.3 is 0 Å². The quantitative estimate of drug-likeness (QED) is 0.851. The number of azo groups is 2. The van der Waals surface area contributed by atoms with Gasteiger partial charge in [-0.05, 0) is 25.5 Å². The zero-order chi connectivity index (χ0) is 15.0. The predicted molar refractivity (Wildman–Crippen MR) is 72.1 cm³/mol. The van der Waals surface area contributed by atoms with Crippen molar-refractivity contribution in [2.75, 3.05) is 0 Å². The third-order valence-corrected chi connectivity index (χ3v) is 3.42. The number of amides is 2. The van der Waals surface area contributed by atoms with Crippen molar-refractivity contribution in [2.24, 2.45) is 20.5 Å². The fourth-order valence-corrected chi connectivity index (χ4v) is 2.45. The first-order valence-electron chi connectivity index (χ1n) is 6.33. The monoisotopic (exact) mass is 281 g/mol. The Kier molecular flexibility index (Phi) is 3.09. The second-order valence-electron chi connectivity index (χ2n) is 4.73. The SMILES string of the molecule is CC1=C(C(C2=C(C)N=NC2=O)c2cccnc2)C(=O)N=N1. The van der Waals surface area contributed by atoms with Gasteiger partial charge in [-0.25, -0.2) is 0 Å². The molecule has 0 fully saturated rings. The van der Waals surface area contributed by atoms with Crippen molar-refractivity contribution < 1.29 is 9.59 Å². The summed E-state index contributed by atoms with van der Waals surface area (Å²) in [5.74, 6) is -1.48. The number of allylic oxidation sites excluding steroid dienone is 2. The maximum absolute atomic E-state index is 12.0. The van der Waals surface area contributed by atoms with Crippen molar-refractivity contribution in [3.8, 4) is 0 Å². The number of hydrogen-bond donors (Lipinski definition) is 0. The highest BCUT2D eigenvalue weighted by atomic mass is 16.2. The fraction of sp³-hybridized carbons (Fsp3) is 0.214. The van der Waals surface area contributed by atoms with Crippen LogP contribution in [0, 0.1) is 0 Å². The van der Waals surface area contributed by atoms with E-state index in [1.807, 2.05) is 0 Å². The summed E-state index contributed by atoms with van der Waals surface area (Å²) in [6.45, 7) is 3.38. The molecular formula is C14H11N5O2. The zero-order valence-corrected chi connectivity index (χ0v) is 11.4. The van der Waals surface area contributed by atoms with Gasteiger partial charge in [0, 0.05) is 12.4 Å². The lowest BCUT2D eigenvalue weighted by Crippen LogP contribution is -2.16. The van der Waals surface area contributed by atoms with Crippen LogP contribution >= 0.6 is 0 Å². The van der Waals surface area contributed by atoms with Crippen molar-refractivity contribution in [1.29, 1.82) is 0 Å². The molecule has 2 aliphatic heterocycles. The van der Waals surface area contributed by atoms with Gasteiger partial charge >= 0.3 is 0 Å². The second-order valence-corrected chi connectivity index (χ2v) is 4.73.